The van der Waals surface area contributed by atoms with Gasteiger partial charge in [0.2, 0.25) is 0 Å². The average Bonchev–Trinajstić information content (AvgIpc) is 2.90. The van der Waals surface area contributed by atoms with Gasteiger partial charge in [-0.15, -0.1) is 0 Å². The van der Waals surface area contributed by atoms with Crippen molar-refractivity contribution >= 4 is 23.0 Å². The molecule has 0 aliphatic rings. The number of aryl methyl sites for hydroxylation is 2. The van der Waals surface area contributed by atoms with E-state index >= 15 is 0 Å². The Kier molecular flexibility index (Phi) is 6.28. The van der Waals surface area contributed by atoms with Crippen molar-refractivity contribution in [1.29, 1.82) is 0 Å². The number of thiocarbonyl (C=S) groups is 1. The molecule has 124 valence electrons. The number of hydrogen-bond donors (Lipinski definition) is 2. The molecule has 5 nitrogen and oxygen atoms in total. The Morgan fingerprint density at radius 3 is 2.83 bits per heavy atom. The zero-order chi connectivity index (χ0) is 16.7. The second-order valence-corrected chi connectivity index (χ2v) is 5.21. The molecule has 23 heavy (non-hydrogen) atoms. The minimum absolute atomic E-state index is 0.0545. The van der Waals surface area contributed by atoms with E-state index in [2.05, 4.69) is 20.5 Å². The van der Waals surface area contributed by atoms with Crippen LogP contribution in [0.4, 0.5) is 14.5 Å². The van der Waals surface area contributed by atoms with Crippen molar-refractivity contribution < 1.29 is 13.5 Å². The number of alkyl halides is 2. The maximum Gasteiger partial charge on any atom is 0.387 e. The Bertz CT molecular complexity index is 648. The topological polar surface area (TPSA) is 51.1 Å². The SMILES string of the molecule is Cc1ccnn1CCCNC(=S)Nc1ccccc1OC(F)F. The Morgan fingerprint density at radius 1 is 1.35 bits per heavy atom. The van der Waals surface area contributed by atoms with E-state index in [0.29, 0.717) is 17.3 Å². The van der Waals surface area contributed by atoms with Gasteiger partial charge in [-0.3, -0.25) is 4.68 Å². The molecule has 0 saturated heterocycles. The Morgan fingerprint density at radius 2 is 2.13 bits per heavy atom. The number of para-hydroxylation sites is 2. The van der Waals surface area contributed by atoms with Crippen LogP contribution in [0, 0.1) is 6.92 Å². The second kappa shape index (κ2) is 8.42. The van der Waals surface area contributed by atoms with Crippen LogP contribution >= 0.6 is 12.2 Å². The third kappa shape index (κ3) is 5.48. The van der Waals surface area contributed by atoms with Gasteiger partial charge < -0.3 is 15.4 Å². The van der Waals surface area contributed by atoms with Crippen LogP contribution in [-0.4, -0.2) is 28.0 Å². The molecule has 0 amide bonds. The highest BCUT2D eigenvalue weighted by molar-refractivity contribution is 7.80. The predicted molar refractivity (Wildman–Crippen MR) is 88.9 cm³/mol. The summed E-state index contributed by atoms with van der Waals surface area (Å²) >= 11 is 5.16. The van der Waals surface area contributed by atoms with Gasteiger partial charge in [0.15, 0.2) is 5.11 Å². The van der Waals surface area contributed by atoms with Crippen LogP contribution in [0.5, 0.6) is 5.75 Å². The van der Waals surface area contributed by atoms with E-state index in [1.807, 2.05) is 17.7 Å². The van der Waals surface area contributed by atoms with E-state index in [-0.39, 0.29) is 5.75 Å². The molecule has 2 rings (SSSR count). The van der Waals surface area contributed by atoms with Gasteiger partial charge in [0.25, 0.3) is 0 Å². The van der Waals surface area contributed by atoms with Crippen LogP contribution in [-0.2, 0) is 6.54 Å². The molecule has 0 saturated carbocycles. The van der Waals surface area contributed by atoms with E-state index in [4.69, 9.17) is 12.2 Å². The summed E-state index contributed by atoms with van der Waals surface area (Å²) in [6, 6.07) is 8.35. The smallest absolute Gasteiger partial charge is 0.387 e. The maximum atomic E-state index is 12.3. The Balaban J connectivity index is 1.77. The highest BCUT2D eigenvalue weighted by Gasteiger charge is 2.09. The molecule has 8 heteroatoms. The molecule has 0 unspecified atom stereocenters. The molecule has 0 aliphatic heterocycles. The molecular formula is C15H18F2N4OS. The van der Waals surface area contributed by atoms with Crippen LogP contribution in [0.2, 0.25) is 0 Å². The number of ether oxygens (including phenoxy) is 1. The summed E-state index contributed by atoms with van der Waals surface area (Å²) < 4.78 is 31.0. The first-order chi connectivity index (χ1) is 11.1. The largest absolute Gasteiger partial charge is 0.433 e. The molecule has 0 radical (unpaired) electrons. The number of aromatic nitrogens is 2. The minimum atomic E-state index is -2.88. The van der Waals surface area contributed by atoms with Crippen molar-refractivity contribution in [3.05, 3.63) is 42.2 Å². The summed E-state index contributed by atoms with van der Waals surface area (Å²) in [4.78, 5) is 0. The summed E-state index contributed by atoms with van der Waals surface area (Å²) in [5.74, 6) is 0.0545. The molecule has 0 fully saturated rings. The van der Waals surface area contributed by atoms with Crippen LogP contribution in [0.15, 0.2) is 36.5 Å². The van der Waals surface area contributed by atoms with Crippen LogP contribution in [0.3, 0.4) is 0 Å². The first-order valence-corrected chi connectivity index (χ1v) is 7.54. The zero-order valence-electron chi connectivity index (χ0n) is 12.6. The molecule has 0 atom stereocenters. The van der Waals surface area contributed by atoms with E-state index in [1.54, 1.807) is 24.4 Å². The molecular weight excluding hydrogens is 322 g/mol. The summed E-state index contributed by atoms with van der Waals surface area (Å²) in [6.07, 6.45) is 2.59. The first-order valence-electron chi connectivity index (χ1n) is 7.13. The van der Waals surface area contributed by atoms with Crippen LogP contribution < -0.4 is 15.4 Å². The van der Waals surface area contributed by atoms with Crippen LogP contribution in [0.1, 0.15) is 12.1 Å². The van der Waals surface area contributed by atoms with Crippen molar-refractivity contribution in [2.24, 2.45) is 0 Å². The third-order valence-electron chi connectivity index (χ3n) is 3.11. The van der Waals surface area contributed by atoms with Crippen LogP contribution in [0.25, 0.3) is 0 Å². The second-order valence-electron chi connectivity index (χ2n) is 4.80. The molecule has 0 aliphatic carbocycles. The fraction of sp³-hybridized carbons (Fsp3) is 0.333. The monoisotopic (exact) mass is 340 g/mol. The summed E-state index contributed by atoms with van der Waals surface area (Å²) in [7, 11) is 0. The lowest BCUT2D eigenvalue weighted by molar-refractivity contribution is -0.0493. The number of rotatable bonds is 7. The van der Waals surface area contributed by atoms with Gasteiger partial charge in [-0.1, -0.05) is 12.1 Å². The Labute approximate surface area is 138 Å². The molecule has 0 bridgehead atoms. The standard InChI is InChI=1S/C15H18F2N4OS/c1-11-7-9-19-21(11)10-4-8-18-15(23)20-12-5-2-3-6-13(12)22-14(16)17/h2-3,5-7,9,14H,4,8,10H2,1H3,(H2,18,20,23). The van der Waals surface area contributed by atoms with Gasteiger partial charge in [0.1, 0.15) is 5.75 Å². The summed E-state index contributed by atoms with van der Waals surface area (Å²) in [5.41, 5.74) is 1.50. The highest BCUT2D eigenvalue weighted by Crippen LogP contribution is 2.25. The minimum Gasteiger partial charge on any atom is -0.433 e. The quantitative estimate of drug-likeness (QED) is 0.599. The fourth-order valence-electron chi connectivity index (χ4n) is 2.00. The van der Waals surface area contributed by atoms with Crippen molar-refractivity contribution in [3.8, 4) is 5.75 Å². The number of nitrogens with zero attached hydrogens (tertiary/aromatic N) is 2. The van der Waals surface area contributed by atoms with Gasteiger partial charge in [-0.25, -0.2) is 0 Å². The van der Waals surface area contributed by atoms with Gasteiger partial charge in [-0.05, 0) is 43.8 Å². The van der Waals surface area contributed by atoms with E-state index in [9.17, 15) is 8.78 Å². The normalized spacial score (nSPS) is 10.6. The number of halogens is 2. The van der Waals surface area contributed by atoms with Gasteiger partial charge >= 0.3 is 6.61 Å². The molecule has 1 aromatic carbocycles. The Hall–Kier alpha value is -2.22. The molecule has 1 heterocycles. The lowest BCUT2D eigenvalue weighted by atomic mass is 10.3. The molecule has 2 aromatic rings. The van der Waals surface area contributed by atoms with E-state index in [1.165, 1.54) is 6.07 Å². The van der Waals surface area contributed by atoms with E-state index in [0.717, 1.165) is 18.7 Å². The van der Waals surface area contributed by atoms with E-state index < -0.39 is 6.61 Å². The van der Waals surface area contributed by atoms with Gasteiger partial charge in [0.05, 0.1) is 5.69 Å². The zero-order valence-corrected chi connectivity index (χ0v) is 13.4. The fourth-order valence-corrected chi connectivity index (χ4v) is 2.21. The number of anilines is 1. The van der Waals surface area contributed by atoms with Gasteiger partial charge in [-0.2, -0.15) is 13.9 Å². The lowest BCUT2D eigenvalue weighted by Crippen LogP contribution is -2.30. The predicted octanol–water partition coefficient (Wildman–Crippen LogP) is 3.17. The first kappa shape index (κ1) is 17.1. The van der Waals surface area contributed by atoms with Crippen molar-refractivity contribution in [2.75, 3.05) is 11.9 Å². The maximum absolute atomic E-state index is 12.3. The molecule has 0 spiro atoms. The third-order valence-corrected chi connectivity index (χ3v) is 3.36. The number of hydrogen-bond acceptors (Lipinski definition) is 3. The summed E-state index contributed by atoms with van der Waals surface area (Å²) in [5, 5.41) is 10.4. The molecule has 2 N–H and O–H groups in total. The van der Waals surface area contributed by atoms with Gasteiger partial charge in [0, 0.05) is 25.0 Å². The summed E-state index contributed by atoms with van der Waals surface area (Å²) in [6.45, 7) is 0.534. The average molecular weight is 340 g/mol. The van der Waals surface area contributed by atoms with Crippen molar-refractivity contribution in [3.63, 3.8) is 0 Å². The molecule has 1 aromatic heterocycles. The number of benzene rings is 1. The number of nitrogens with one attached hydrogen (secondary N) is 2. The highest BCUT2D eigenvalue weighted by atomic mass is 32.1. The van der Waals surface area contributed by atoms with Crippen molar-refractivity contribution in [1.82, 2.24) is 15.1 Å². The van der Waals surface area contributed by atoms with Crippen molar-refractivity contribution in [2.45, 2.75) is 26.5 Å². The lowest BCUT2D eigenvalue weighted by Gasteiger charge is -2.14.